The van der Waals surface area contributed by atoms with E-state index in [4.69, 9.17) is 30.3 Å². The van der Waals surface area contributed by atoms with E-state index in [9.17, 15) is 4.79 Å². The van der Waals surface area contributed by atoms with E-state index >= 15 is 0 Å². The van der Waals surface area contributed by atoms with Gasteiger partial charge in [0.25, 0.3) is 0 Å². The van der Waals surface area contributed by atoms with Crippen molar-refractivity contribution >= 4 is 23.2 Å². The number of halogens is 1. The number of rotatable bonds is 6. The van der Waals surface area contributed by atoms with Crippen LogP contribution < -0.4 is 19.1 Å². The Morgan fingerprint density at radius 1 is 1.10 bits per heavy atom. The van der Waals surface area contributed by atoms with E-state index in [1.807, 2.05) is 12.1 Å². The quantitative estimate of drug-likeness (QED) is 0.586. The Morgan fingerprint density at radius 2 is 1.83 bits per heavy atom. The van der Waals surface area contributed by atoms with Crippen LogP contribution in [0.25, 0.3) is 11.4 Å². The minimum absolute atomic E-state index is 0.0585. The summed E-state index contributed by atoms with van der Waals surface area (Å²) in [6.45, 7) is 0.397. The first-order chi connectivity index (χ1) is 14.5. The number of hydrogen-bond donors (Lipinski definition) is 0. The van der Waals surface area contributed by atoms with Gasteiger partial charge >= 0.3 is 0 Å². The maximum atomic E-state index is 12.7. The van der Waals surface area contributed by atoms with Crippen molar-refractivity contribution in [2.45, 2.75) is 12.3 Å². The first-order valence-electron chi connectivity index (χ1n) is 9.24. The highest BCUT2D eigenvalue weighted by Crippen LogP contribution is 2.43. The molecular weight excluding hydrogens is 410 g/mol. The molecule has 1 unspecified atom stereocenters. The van der Waals surface area contributed by atoms with Crippen molar-refractivity contribution in [1.29, 1.82) is 0 Å². The van der Waals surface area contributed by atoms with E-state index in [-0.39, 0.29) is 18.2 Å². The van der Waals surface area contributed by atoms with Crippen molar-refractivity contribution in [2.24, 2.45) is 0 Å². The molecular formula is C21H20ClN3O5. The van der Waals surface area contributed by atoms with Gasteiger partial charge in [0.05, 0.1) is 32.9 Å². The molecule has 1 saturated heterocycles. The van der Waals surface area contributed by atoms with E-state index in [1.165, 1.54) is 21.3 Å². The molecule has 30 heavy (non-hydrogen) atoms. The van der Waals surface area contributed by atoms with Gasteiger partial charge in [-0.05, 0) is 12.1 Å². The van der Waals surface area contributed by atoms with E-state index in [2.05, 4.69) is 10.1 Å². The highest BCUT2D eigenvalue weighted by atomic mass is 35.5. The monoisotopic (exact) mass is 429 g/mol. The van der Waals surface area contributed by atoms with Crippen molar-refractivity contribution < 1.29 is 23.5 Å². The van der Waals surface area contributed by atoms with E-state index in [0.717, 1.165) is 5.56 Å². The number of nitrogens with zero attached hydrogens (tertiary/aromatic N) is 3. The van der Waals surface area contributed by atoms with Gasteiger partial charge in [-0.3, -0.25) is 4.79 Å². The number of amides is 1. The SMILES string of the molecule is COc1cc(N2CC(c3nc(-c4cccc(Cl)c4)no3)CC2=O)cc(OC)c1OC. The fraction of sp³-hybridized carbons (Fsp3) is 0.286. The van der Waals surface area contributed by atoms with Crippen LogP contribution in [0.5, 0.6) is 17.2 Å². The van der Waals surface area contributed by atoms with Gasteiger partial charge in [0.15, 0.2) is 11.5 Å². The molecule has 9 heteroatoms. The second-order valence-electron chi connectivity index (χ2n) is 6.76. The van der Waals surface area contributed by atoms with Gasteiger partial charge in [-0.25, -0.2) is 0 Å². The van der Waals surface area contributed by atoms with Crippen molar-refractivity contribution in [3.63, 3.8) is 0 Å². The third-order valence-electron chi connectivity index (χ3n) is 4.96. The Balaban J connectivity index is 1.60. The van der Waals surface area contributed by atoms with Gasteiger partial charge in [-0.2, -0.15) is 4.98 Å². The van der Waals surface area contributed by atoms with Gasteiger partial charge in [0.2, 0.25) is 23.4 Å². The molecule has 1 aliphatic heterocycles. The van der Waals surface area contributed by atoms with Crippen LogP contribution in [0.1, 0.15) is 18.2 Å². The molecule has 0 saturated carbocycles. The molecule has 4 rings (SSSR count). The lowest BCUT2D eigenvalue weighted by Gasteiger charge is -2.20. The Kier molecular flexibility index (Phi) is 5.50. The smallest absolute Gasteiger partial charge is 0.232 e. The molecule has 1 aromatic heterocycles. The molecule has 1 amide bonds. The van der Waals surface area contributed by atoms with Crippen LogP contribution in [-0.4, -0.2) is 43.9 Å². The zero-order valence-electron chi connectivity index (χ0n) is 16.7. The molecule has 2 aromatic carbocycles. The van der Waals surface area contributed by atoms with Crippen LogP contribution >= 0.6 is 11.6 Å². The number of methoxy groups -OCH3 is 3. The van der Waals surface area contributed by atoms with Crippen LogP contribution in [0.4, 0.5) is 5.69 Å². The maximum absolute atomic E-state index is 12.7. The molecule has 8 nitrogen and oxygen atoms in total. The van der Waals surface area contributed by atoms with Crippen LogP contribution in [-0.2, 0) is 4.79 Å². The highest BCUT2D eigenvalue weighted by Gasteiger charge is 2.36. The molecule has 1 fully saturated rings. The molecule has 0 N–H and O–H groups in total. The molecule has 0 aliphatic carbocycles. The third-order valence-corrected chi connectivity index (χ3v) is 5.20. The van der Waals surface area contributed by atoms with Gasteiger partial charge in [-0.15, -0.1) is 0 Å². The van der Waals surface area contributed by atoms with Crippen LogP contribution in [0.3, 0.4) is 0 Å². The second-order valence-corrected chi connectivity index (χ2v) is 7.19. The number of aromatic nitrogens is 2. The summed E-state index contributed by atoms with van der Waals surface area (Å²) in [6, 6.07) is 10.7. The normalized spacial score (nSPS) is 16.1. The summed E-state index contributed by atoms with van der Waals surface area (Å²) in [5.41, 5.74) is 1.40. The average Bonchev–Trinajstić information content (AvgIpc) is 3.39. The summed E-state index contributed by atoms with van der Waals surface area (Å²) in [7, 11) is 4.60. The molecule has 2 heterocycles. The standard InChI is InChI=1S/C21H20ClN3O5/c1-27-16-9-15(10-17(28-2)19(16)29-3)25-11-13(8-18(25)26)21-23-20(24-30-21)12-5-4-6-14(22)7-12/h4-7,9-10,13H,8,11H2,1-3H3. The van der Waals surface area contributed by atoms with Crippen LogP contribution in [0, 0.1) is 0 Å². The molecule has 1 atom stereocenters. The van der Waals surface area contributed by atoms with Gasteiger partial charge < -0.3 is 23.6 Å². The summed E-state index contributed by atoms with van der Waals surface area (Å²) in [6.07, 6.45) is 0.258. The Hall–Kier alpha value is -3.26. The van der Waals surface area contributed by atoms with Crippen molar-refractivity contribution in [3.05, 3.63) is 47.3 Å². The fourth-order valence-electron chi connectivity index (χ4n) is 3.49. The Labute approximate surface area is 178 Å². The molecule has 0 spiro atoms. The number of benzene rings is 2. The lowest BCUT2D eigenvalue weighted by atomic mass is 10.1. The number of carbonyl (C=O) groups excluding carboxylic acids is 1. The van der Waals surface area contributed by atoms with Gasteiger partial charge in [-0.1, -0.05) is 28.9 Å². The van der Waals surface area contributed by atoms with Crippen LogP contribution in [0.15, 0.2) is 40.9 Å². The number of hydrogen-bond acceptors (Lipinski definition) is 7. The lowest BCUT2D eigenvalue weighted by molar-refractivity contribution is -0.117. The lowest BCUT2D eigenvalue weighted by Crippen LogP contribution is -2.24. The third kappa shape index (κ3) is 3.66. The minimum atomic E-state index is -0.225. The van der Waals surface area contributed by atoms with Gasteiger partial charge in [0, 0.05) is 35.7 Å². The predicted octanol–water partition coefficient (Wildman–Crippen LogP) is 3.94. The maximum Gasteiger partial charge on any atom is 0.232 e. The zero-order chi connectivity index (χ0) is 21.3. The van der Waals surface area contributed by atoms with E-state index in [0.29, 0.717) is 46.2 Å². The molecule has 1 aliphatic rings. The molecule has 156 valence electrons. The predicted molar refractivity (Wildman–Crippen MR) is 111 cm³/mol. The number of anilines is 1. The highest BCUT2D eigenvalue weighted by molar-refractivity contribution is 6.30. The van der Waals surface area contributed by atoms with E-state index < -0.39 is 0 Å². The molecule has 0 radical (unpaired) electrons. The van der Waals surface area contributed by atoms with Gasteiger partial charge in [0.1, 0.15) is 0 Å². The first kappa shape index (κ1) is 20.0. The summed E-state index contributed by atoms with van der Waals surface area (Å²) in [5.74, 6) is 1.98. The van der Waals surface area contributed by atoms with Crippen molar-refractivity contribution in [1.82, 2.24) is 10.1 Å². The summed E-state index contributed by atoms with van der Waals surface area (Å²) >= 11 is 6.04. The summed E-state index contributed by atoms with van der Waals surface area (Å²) in [5, 5.41) is 4.63. The summed E-state index contributed by atoms with van der Waals surface area (Å²) in [4.78, 5) is 18.9. The number of ether oxygens (including phenoxy) is 3. The van der Waals surface area contributed by atoms with Crippen LogP contribution in [0.2, 0.25) is 5.02 Å². The van der Waals surface area contributed by atoms with Crippen molar-refractivity contribution in [2.75, 3.05) is 32.8 Å². The Bertz CT molecular complexity index is 1060. The number of carbonyl (C=O) groups is 1. The van der Waals surface area contributed by atoms with E-state index in [1.54, 1.807) is 29.2 Å². The Morgan fingerprint density at radius 3 is 2.47 bits per heavy atom. The second kappa shape index (κ2) is 8.23. The molecule has 0 bridgehead atoms. The van der Waals surface area contributed by atoms with Crippen molar-refractivity contribution in [3.8, 4) is 28.6 Å². The minimum Gasteiger partial charge on any atom is -0.493 e. The largest absolute Gasteiger partial charge is 0.493 e. The first-order valence-corrected chi connectivity index (χ1v) is 9.61. The average molecular weight is 430 g/mol. The summed E-state index contributed by atoms with van der Waals surface area (Å²) < 4.78 is 21.6. The zero-order valence-corrected chi connectivity index (χ0v) is 17.5. The topological polar surface area (TPSA) is 86.9 Å². The fourth-order valence-corrected chi connectivity index (χ4v) is 3.68. The molecule has 3 aromatic rings.